The normalized spacial score (nSPS) is 23.2. The maximum Gasteiger partial charge on any atom is 0.241 e. The summed E-state index contributed by atoms with van der Waals surface area (Å²) in [6.45, 7) is 3.48. The van der Waals surface area contributed by atoms with E-state index in [4.69, 9.17) is 4.74 Å². The fourth-order valence-corrected chi connectivity index (χ4v) is 2.39. The van der Waals surface area contributed by atoms with Gasteiger partial charge in [-0.1, -0.05) is 19.8 Å². The molecule has 2 rings (SSSR count). The SMILES string of the molecule is CC1CCCCC1OCCNC(=O)Cn1cnnn1. The Kier molecular flexibility index (Phi) is 5.26. The highest BCUT2D eigenvalue weighted by molar-refractivity contribution is 5.75. The topological polar surface area (TPSA) is 81.9 Å². The maximum atomic E-state index is 11.5. The van der Waals surface area contributed by atoms with Crippen LogP contribution in [0.3, 0.4) is 0 Å². The minimum Gasteiger partial charge on any atom is -0.376 e. The van der Waals surface area contributed by atoms with Crippen molar-refractivity contribution in [1.29, 1.82) is 0 Å². The van der Waals surface area contributed by atoms with Crippen LogP contribution in [0.1, 0.15) is 32.6 Å². The Bertz CT molecular complexity index is 381. The molecule has 1 amide bonds. The predicted molar refractivity (Wildman–Crippen MR) is 68.2 cm³/mol. The number of tetrazole rings is 1. The Labute approximate surface area is 112 Å². The van der Waals surface area contributed by atoms with Crippen LogP contribution in [0.25, 0.3) is 0 Å². The first-order chi connectivity index (χ1) is 9.25. The summed E-state index contributed by atoms with van der Waals surface area (Å²) in [4.78, 5) is 11.5. The van der Waals surface area contributed by atoms with Crippen LogP contribution < -0.4 is 5.32 Å². The number of ether oxygens (including phenoxy) is 1. The number of rotatable bonds is 6. The highest BCUT2D eigenvalue weighted by Crippen LogP contribution is 2.25. The van der Waals surface area contributed by atoms with Gasteiger partial charge in [0.25, 0.3) is 0 Å². The van der Waals surface area contributed by atoms with Crippen LogP contribution in [0.15, 0.2) is 6.33 Å². The minimum atomic E-state index is -0.104. The van der Waals surface area contributed by atoms with Crippen molar-refractivity contribution < 1.29 is 9.53 Å². The molecule has 0 aromatic carbocycles. The number of aromatic nitrogens is 4. The Morgan fingerprint density at radius 1 is 1.47 bits per heavy atom. The van der Waals surface area contributed by atoms with Gasteiger partial charge in [0.2, 0.25) is 5.91 Å². The second-order valence-electron chi connectivity index (χ2n) is 5.03. The number of carbonyl (C=O) groups is 1. The molecule has 1 fully saturated rings. The van der Waals surface area contributed by atoms with Crippen LogP contribution in [0.5, 0.6) is 0 Å². The fourth-order valence-electron chi connectivity index (χ4n) is 2.39. The molecule has 0 saturated heterocycles. The van der Waals surface area contributed by atoms with Gasteiger partial charge in [-0.25, -0.2) is 4.68 Å². The quantitative estimate of drug-likeness (QED) is 0.754. The summed E-state index contributed by atoms with van der Waals surface area (Å²) in [5.74, 6) is 0.526. The van der Waals surface area contributed by atoms with Crippen LogP contribution in [0.2, 0.25) is 0 Å². The molecule has 7 heteroatoms. The average Bonchev–Trinajstić information content (AvgIpc) is 2.89. The molecule has 1 N–H and O–H groups in total. The van der Waals surface area contributed by atoms with E-state index in [-0.39, 0.29) is 12.5 Å². The second-order valence-corrected chi connectivity index (χ2v) is 5.03. The van der Waals surface area contributed by atoms with Crippen LogP contribution in [-0.4, -0.2) is 45.4 Å². The largest absolute Gasteiger partial charge is 0.376 e. The number of carbonyl (C=O) groups excluding carboxylic acids is 1. The third kappa shape index (κ3) is 4.59. The van der Waals surface area contributed by atoms with Crippen molar-refractivity contribution in [2.45, 2.75) is 45.3 Å². The van der Waals surface area contributed by atoms with E-state index in [1.54, 1.807) is 0 Å². The summed E-state index contributed by atoms with van der Waals surface area (Å²) in [7, 11) is 0. The maximum absolute atomic E-state index is 11.5. The van der Waals surface area contributed by atoms with E-state index in [9.17, 15) is 4.79 Å². The monoisotopic (exact) mass is 267 g/mol. The van der Waals surface area contributed by atoms with E-state index < -0.39 is 0 Å². The summed E-state index contributed by atoms with van der Waals surface area (Å²) in [6, 6.07) is 0. The minimum absolute atomic E-state index is 0.104. The first kappa shape index (κ1) is 13.9. The zero-order valence-electron chi connectivity index (χ0n) is 11.3. The number of nitrogens with zero attached hydrogens (tertiary/aromatic N) is 4. The van der Waals surface area contributed by atoms with E-state index >= 15 is 0 Å². The molecule has 106 valence electrons. The first-order valence-electron chi connectivity index (χ1n) is 6.85. The van der Waals surface area contributed by atoms with Gasteiger partial charge in [-0.3, -0.25) is 4.79 Å². The lowest BCUT2D eigenvalue weighted by molar-refractivity contribution is -0.122. The van der Waals surface area contributed by atoms with Gasteiger partial charge in [0.15, 0.2) is 0 Å². The van der Waals surface area contributed by atoms with E-state index in [1.165, 1.54) is 30.3 Å². The molecule has 2 atom stereocenters. The Hall–Kier alpha value is -1.50. The van der Waals surface area contributed by atoms with E-state index in [1.807, 2.05) is 0 Å². The van der Waals surface area contributed by atoms with Crippen molar-refractivity contribution in [3.05, 3.63) is 6.33 Å². The van der Waals surface area contributed by atoms with E-state index in [0.29, 0.717) is 25.2 Å². The van der Waals surface area contributed by atoms with Crippen molar-refractivity contribution in [1.82, 2.24) is 25.5 Å². The molecule has 1 aliphatic carbocycles. The van der Waals surface area contributed by atoms with Crippen LogP contribution in [0.4, 0.5) is 0 Å². The van der Waals surface area contributed by atoms with Crippen LogP contribution in [-0.2, 0) is 16.1 Å². The van der Waals surface area contributed by atoms with Gasteiger partial charge >= 0.3 is 0 Å². The number of amides is 1. The van der Waals surface area contributed by atoms with Crippen LogP contribution in [0, 0.1) is 5.92 Å². The van der Waals surface area contributed by atoms with Crippen LogP contribution >= 0.6 is 0 Å². The molecule has 0 aliphatic heterocycles. The summed E-state index contributed by atoms with van der Waals surface area (Å²) >= 11 is 0. The number of nitrogens with one attached hydrogen (secondary N) is 1. The first-order valence-corrected chi connectivity index (χ1v) is 6.85. The van der Waals surface area contributed by atoms with Crippen molar-refractivity contribution in [3.63, 3.8) is 0 Å². The number of hydrogen-bond acceptors (Lipinski definition) is 5. The molecule has 19 heavy (non-hydrogen) atoms. The Morgan fingerprint density at radius 2 is 2.32 bits per heavy atom. The molecule has 0 bridgehead atoms. The van der Waals surface area contributed by atoms with Crippen molar-refractivity contribution >= 4 is 5.91 Å². The molecular weight excluding hydrogens is 246 g/mol. The molecule has 1 aromatic heterocycles. The molecule has 2 unspecified atom stereocenters. The van der Waals surface area contributed by atoms with E-state index in [2.05, 4.69) is 27.8 Å². The smallest absolute Gasteiger partial charge is 0.241 e. The summed E-state index contributed by atoms with van der Waals surface area (Å²) < 4.78 is 7.21. The third-order valence-corrected chi connectivity index (χ3v) is 3.49. The van der Waals surface area contributed by atoms with Crippen molar-refractivity contribution in [2.75, 3.05) is 13.2 Å². The zero-order valence-corrected chi connectivity index (χ0v) is 11.3. The van der Waals surface area contributed by atoms with E-state index in [0.717, 1.165) is 6.42 Å². The van der Waals surface area contributed by atoms with Gasteiger partial charge in [0.05, 0.1) is 12.7 Å². The molecule has 1 aromatic rings. The summed E-state index contributed by atoms with van der Waals surface area (Å²) in [6.07, 6.45) is 6.71. The van der Waals surface area contributed by atoms with Gasteiger partial charge in [0.1, 0.15) is 12.9 Å². The van der Waals surface area contributed by atoms with Gasteiger partial charge < -0.3 is 10.1 Å². The average molecular weight is 267 g/mol. The van der Waals surface area contributed by atoms with Crippen molar-refractivity contribution in [2.24, 2.45) is 5.92 Å². The Morgan fingerprint density at radius 3 is 3.05 bits per heavy atom. The van der Waals surface area contributed by atoms with Gasteiger partial charge in [0, 0.05) is 6.54 Å². The third-order valence-electron chi connectivity index (χ3n) is 3.49. The lowest BCUT2D eigenvalue weighted by Crippen LogP contribution is -2.33. The molecule has 0 radical (unpaired) electrons. The summed E-state index contributed by atoms with van der Waals surface area (Å²) in [5.41, 5.74) is 0. The lowest BCUT2D eigenvalue weighted by atomic mass is 9.88. The van der Waals surface area contributed by atoms with Gasteiger partial charge in [-0.15, -0.1) is 5.10 Å². The highest BCUT2D eigenvalue weighted by Gasteiger charge is 2.21. The second kappa shape index (κ2) is 7.18. The standard InChI is InChI=1S/C12H21N5O2/c1-10-4-2-3-5-11(10)19-7-6-13-12(18)8-17-9-14-15-16-17/h9-11H,2-8H2,1H3,(H,13,18). The summed E-state index contributed by atoms with van der Waals surface area (Å²) in [5, 5.41) is 13.4. The molecular formula is C12H21N5O2. The van der Waals surface area contributed by atoms with Gasteiger partial charge in [-0.05, 0) is 29.2 Å². The predicted octanol–water partition coefficient (Wildman–Crippen LogP) is 0.385. The molecule has 1 heterocycles. The molecule has 1 saturated carbocycles. The zero-order chi connectivity index (χ0) is 13.5. The number of hydrogen-bond donors (Lipinski definition) is 1. The van der Waals surface area contributed by atoms with Crippen molar-refractivity contribution in [3.8, 4) is 0 Å². The molecule has 1 aliphatic rings. The highest BCUT2D eigenvalue weighted by atomic mass is 16.5. The molecule has 0 spiro atoms. The lowest BCUT2D eigenvalue weighted by Gasteiger charge is -2.28. The van der Waals surface area contributed by atoms with Gasteiger partial charge in [-0.2, -0.15) is 0 Å². The Balaban J connectivity index is 1.57. The fraction of sp³-hybridized carbons (Fsp3) is 0.833. The molecule has 7 nitrogen and oxygen atoms in total.